The van der Waals surface area contributed by atoms with E-state index in [1.54, 1.807) is 7.11 Å². The summed E-state index contributed by atoms with van der Waals surface area (Å²) in [6, 6.07) is 0.497. The zero-order valence-corrected chi connectivity index (χ0v) is 19.7. The zero-order valence-electron chi connectivity index (χ0n) is 18.2. The number of methoxy groups -OCH3 is 1. The van der Waals surface area contributed by atoms with Gasteiger partial charge in [0.2, 0.25) is 0 Å². The molecule has 3 rings (SSSR count). The third kappa shape index (κ3) is 5.92. The molecule has 0 aromatic rings. The second kappa shape index (κ2) is 10.4. The third-order valence-corrected chi connectivity index (χ3v) is 7.80. The summed E-state index contributed by atoms with van der Waals surface area (Å²) in [5, 5.41) is 15.6. The van der Waals surface area contributed by atoms with E-state index < -0.39 is 5.60 Å². The van der Waals surface area contributed by atoms with Crippen LogP contribution in [0.5, 0.6) is 0 Å². The van der Waals surface area contributed by atoms with Gasteiger partial charge in [0, 0.05) is 42.7 Å². The Kier molecular flexibility index (Phi) is 8.37. The number of likely N-dealkylation sites (tertiary alicyclic amines) is 1. The van der Waals surface area contributed by atoms with E-state index in [1.807, 2.05) is 6.08 Å². The minimum absolute atomic E-state index is 0.252. The van der Waals surface area contributed by atoms with Gasteiger partial charge in [-0.3, -0.25) is 0 Å². The Morgan fingerprint density at radius 3 is 2.52 bits per heavy atom. The van der Waals surface area contributed by atoms with Crippen molar-refractivity contribution in [2.75, 3.05) is 33.3 Å². The summed E-state index contributed by atoms with van der Waals surface area (Å²) in [6.45, 7) is 8.54. The molecule has 6 heteroatoms. The fourth-order valence-electron chi connectivity index (χ4n) is 4.95. The van der Waals surface area contributed by atoms with E-state index >= 15 is 0 Å². The zero-order chi connectivity index (χ0) is 21.0. The van der Waals surface area contributed by atoms with Crippen molar-refractivity contribution in [2.24, 2.45) is 11.8 Å². The number of halogens is 2. The SMILES string of the molecule is COC1=CC(C2(O)CCN(C[C@H](NCC3CCCC3)C(C)C)CC2)=C(Cl)CC1Cl. The van der Waals surface area contributed by atoms with Crippen LogP contribution in [0, 0.1) is 11.8 Å². The summed E-state index contributed by atoms with van der Waals surface area (Å²) in [7, 11) is 1.62. The van der Waals surface area contributed by atoms with Gasteiger partial charge >= 0.3 is 0 Å². The van der Waals surface area contributed by atoms with Gasteiger partial charge in [-0.05, 0) is 50.1 Å². The van der Waals surface area contributed by atoms with Crippen molar-refractivity contribution in [1.82, 2.24) is 10.2 Å². The number of hydrogen-bond donors (Lipinski definition) is 2. The molecule has 0 aromatic carbocycles. The van der Waals surface area contributed by atoms with Crippen molar-refractivity contribution < 1.29 is 9.84 Å². The lowest BCUT2D eigenvalue weighted by molar-refractivity contribution is 0.00718. The molecule has 1 aliphatic heterocycles. The fraction of sp³-hybridized carbons (Fsp3) is 0.826. The minimum atomic E-state index is -0.890. The van der Waals surface area contributed by atoms with Crippen LogP contribution in [-0.4, -0.2) is 60.3 Å². The quantitative estimate of drug-likeness (QED) is 0.534. The minimum Gasteiger partial charge on any atom is -0.500 e. The fourth-order valence-corrected chi connectivity index (χ4v) is 5.72. The second-order valence-corrected chi connectivity index (χ2v) is 10.5. The molecule has 166 valence electrons. The number of rotatable bonds is 8. The molecule has 1 saturated heterocycles. The molecule has 0 amide bonds. The molecule has 0 radical (unpaired) electrons. The number of allylic oxidation sites excluding steroid dienone is 2. The molecule has 1 saturated carbocycles. The smallest absolute Gasteiger partial charge is 0.114 e. The van der Waals surface area contributed by atoms with Crippen LogP contribution < -0.4 is 5.32 Å². The molecule has 0 bridgehead atoms. The second-order valence-electron chi connectivity index (χ2n) is 9.48. The molecule has 0 aromatic heterocycles. The van der Waals surface area contributed by atoms with E-state index in [1.165, 1.54) is 25.7 Å². The molecular weight excluding hydrogens is 407 g/mol. The maximum atomic E-state index is 11.3. The number of nitrogens with zero attached hydrogens (tertiary/aromatic N) is 1. The van der Waals surface area contributed by atoms with Gasteiger partial charge in [-0.1, -0.05) is 38.3 Å². The first-order chi connectivity index (χ1) is 13.8. The first-order valence-electron chi connectivity index (χ1n) is 11.3. The van der Waals surface area contributed by atoms with Gasteiger partial charge in [-0.2, -0.15) is 0 Å². The van der Waals surface area contributed by atoms with Gasteiger partial charge in [0.15, 0.2) is 0 Å². The summed E-state index contributed by atoms with van der Waals surface area (Å²) in [5.74, 6) is 2.15. The third-order valence-electron chi connectivity index (χ3n) is 7.07. The number of alkyl halides is 1. The van der Waals surface area contributed by atoms with Crippen molar-refractivity contribution >= 4 is 23.2 Å². The first-order valence-corrected chi connectivity index (χ1v) is 12.1. The monoisotopic (exact) mass is 444 g/mol. The van der Waals surface area contributed by atoms with E-state index in [-0.39, 0.29) is 5.38 Å². The Bertz CT molecular complexity index is 606. The Morgan fingerprint density at radius 1 is 1.28 bits per heavy atom. The van der Waals surface area contributed by atoms with Crippen LogP contribution in [0.15, 0.2) is 22.4 Å². The molecule has 2 N–H and O–H groups in total. The first kappa shape index (κ1) is 23.4. The molecule has 2 aliphatic carbocycles. The number of nitrogens with one attached hydrogen (secondary N) is 1. The molecule has 29 heavy (non-hydrogen) atoms. The van der Waals surface area contributed by atoms with Gasteiger partial charge < -0.3 is 20.1 Å². The number of piperidine rings is 1. The molecule has 1 heterocycles. The van der Waals surface area contributed by atoms with Crippen molar-refractivity contribution in [3.8, 4) is 0 Å². The average molecular weight is 445 g/mol. The molecule has 2 atom stereocenters. The Labute approximate surface area is 186 Å². The highest BCUT2D eigenvalue weighted by molar-refractivity contribution is 6.32. The van der Waals surface area contributed by atoms with Crippen LogP contribution in [0.3, 0.4) is 0 Å². The average Bonchev–Trinajstić information content (AvgIpc) is 3.20. The Balaban J connectivity index is 1.55. The van der Waals surface area contributed by atoms with Crippen LogP contribution in [0.25, 0.3) is 0 Å². The largest absolute Gasteiger partial charge is 0.500 e. The van der Waals surface area contributed by atoms with Crippen LogP contribution in [0.4, 0.5) is 0 Å². The lowest BCUT2D eigenvalue weighted by Gasteiger charge is -2.42. The maximum absolute atomic E-state index is 11.3. The van der Waals surface area contributed by atoms with Crippen LogP contribution >= 0.6 is 23.2 Å². The highest BCUT2D eigenvalue weighted by Gasteiger charge is 2.39. The van der Waals surface area contributed by atoms with Gasteiger partial charge in [-0.25, -0.2) is 0 Å². The van der Waals surface area contributed by atoms with E-state index in [0.717, 1.165) is 37.7 Å². The number of ether oxygens (including phenoxy) is 1. The van der Waals surface area contributed by atoms with Crippen molar-refractivity contribution in [3.63, 3.8) is 0 Å². The topological polar surface area (TPSA) is 44.7 Å². The maximum Gasteiger partial charge on any atom is 0.114 e. The van der Waals surface area contributed by atoms with Gasteiger partial charge in [0.25, 0.3) is 0 Å². The van der Waals surface area contributed by atoms with Crippen LogP contribution in [0.1, 0.15) is 58.8 Å². The summed E-state index contributed by atoms with van der Waals surface area (Å²) < 4.78 is 5.39. The van der Waals surface area contributed by atoms with Gasteiger partial charge in [0.05, 0.1) is 18.1 Å². The normalized spacial score (nSPS) is 27.4. The molecule has 2 fully saturated rings. The summed E-state index contributed by atoms with van der Waals surface area (Å²) in [6.07, 6.45) is 9.30. The van der Waals surface area contributed by atoms with Crippen molar-refractivity contribution in [1.29, 1.82) is 0 Å². The summed E-state index contributed by atoms with van der Waals surface area (Å²) in [5.41, 5.74) is -0.0914. The van der Waals surface area contributed by atoms with Gasteiger partial charge in [0.1, 0.15) is 5.76 Å². The highest BCUT2D eigenvalue weighted by Crippen LogP contribution is 2.40. The summed E-state index contributed by atoms with van der Waals surface area (Å²) in [4.78, 5) is 2.49. The Morgan fingerprint density at radius 2 is 1.93 bits per heavy atom. The number of aliphatic hydroxyl groups is 1. The molecule has 1 unspecified atom stereocenters. The number of hydrogen-bond acceptors (Lipinski definition) is 4. The lowest BCUT2D eigenvalue weighted by atomic mass is 9.81. The summed E-state index contributed by atoms with van der Waals surface area (Å²) >= 11 is 12.8. The predicted octanol–water partition coefficient (Wildman–Crippen LogP) is 4.65. The van der Waals surface area contributed by atoms with Crippen molar-refractivity contribution in [3.05, 3.63) is 22.4 Å². The van der Waals surface area contributed by atoms with E-state index in [9.17, 15) is 5.11 Å². The standard InChI is InChI=1S/C23H38Cl2N2O2/c1-16(2)21(26-14-17-6-4-5-7-17)15-27-10-8-23(28,9-11-27)18-12-22(29-3)20(25)13-19(18)24/h12,16-17,20-21,26,28H,4-11,13-15H2,1-3H3/t20?,21-/m0/s1. The highest BCUT2D eigenvalue weighted by atomic mass is 35.5. The van der Waals surface area contributed by atoms with Crippen molar-refractivity contribution in [2.45, 2.75) is 75.8 Å². The molecule has 3 aliphatic rings. The van der Waals surface area contributed by atoms with E-state index in [4.69, 9.17) is 27.9 Å². The molecule has 0 spiro atoms. The Hall–Kier alpha value is -0.260. The van der Waals surface area contributed by atoms with E-state index in [2.05, 4.69) is 24.1 Å². The van der Waals surface area contributed by atoms with E-state index in [0.29, 0.717) is 42.0 Å². The molecule has 4 nitrogen and oxygen atoms in total. The van der Waals surface area contributed by atoms with Gasteiger partial charge in [-0.15, -0.1) is 11.6 Å². The van der Waals surface area contributed by atoms with Crippen LogP contribution in [-0.2, 0) is 4.74 Å². The van der Waals surface area contributed by atoms with Crippen LogP contribution in [0.2, 0.25) is 0 Å². The predicted molar refractivity (Wildman–Crippen MR) is 121 cm³/mol. The molecular formula is C23H38Cl2N2O2. The lowest BCUT2D eigenvalue weighted by Crippen LogP contribution is -2.51.